The normalized spacial score (nSPS) is 19.0. The molecule has 0 saturated heterocycles. The SMILES string of the molecule is CCN1C=Cc2ccccc2C1=CC=C1C(=O)N(c2ccccc2)N=C1C. The molecule has 2 aliphatic heterocycles. The van der Waals surface area contributed by atoms with Crippen LogP contribution in [-0.4, -0.2) is 23.1 Å². The Hall–Kier alpha value is -3.40. The van der Waals surface area contributed by atoms with Gasteiger partial charge in [0.2, 0.25) is 0 Å². The first-order chi connectivity index (χ1) is 13.2. The van der Waals surface area contributed by atoms with Gasteiger partial charge >= 0.3 is 0 Å². The number of amides is 1. The lowest BCUT2D eigenvalue weighted by atomic mass is 9.99. The largest absolute Gasteiger partial charge is 0.348 e. The average molecular weight is 355 g/mol. The molecule has 0 unspecified atom stereocenters. The van der Waals surface area contributed by atoms with Crippen molar-refractivity contribution in [1.82, 2.24) is 4.90 Å². The summed E-state index contributed by atoms with van der Waals surface area (Å²) in [5, 5.41) is 5.91. The summed E-state index contributed by atoms with van der Waals surface area (Å²) < 4.78 is 0. The highest BCUT2D eigenvalue weighted by Gasteiger charge is 2.28. The van der Waals surface area contributed by atoms with Gasteiger partial charge in [-0.25, -0.2) is 0 Å². The predicted octanol–water partition coefficient (Wildman–Crippen LogP) is 4.68. The van der Waals surface area contributed by atoms with Crippen LogP contribution in [0.3, 0.4) is 0 Å². The third-order valence-electron chi connectivity index (χ3n) is 4.79. The number of fused-ring (bicyclic) bond motifs is 1. The summed E-state index contributed by atoms with van der Waals surface area (Å²) in [5.74, 6) is -0.0989. The summed E-state index contributed by atoms with van der Waals surface area (Å²) in [6, 6.07) is 17.8. The Kier molecular flexibility index (Phi) is 4.47. The van der Waals surface area contributed by atoms with Crippen LogP contribution in [0.1, 0.15) is 25.0 Å². The Morgan fingerprint density at radius 1 is 1.00 bits per heavy atom. The predicted molar refractivity (Wildman–Crippen MR) is 111 cm³/mol. The van der Waals surface area contributed by atoms with Gasteiger partial charge in [0.05, 0.1) is 17.0 Å². The Bertz CT molecular complexity index is 999. The minimum absolute atomic E-state index is 0.0989. The van der Waals surface area contributed by atoms with Crippen LogP contribution < -0.4 is 5.01 Å². The maximum absolute atomic E-state index is 12.9. The third kappa shape index (κ3) is 3.10. The van der Waals surface area contributed by atoms with Crippen molar-refractivity contribution in [1.29, 1.82) is 0 Å². The summed E-state index contributed by atoms with van der Waals surface area (Å²) in [6.45, 7) is 4.85. The van der Waals surface area contributed by atoms with Crippen LogP contribution in [0.25, 0.3) is 11.8 Å². The molecule has 4 rings (SSSR count). The van der Waals surface area contributed by atoms with Crippen molar-refractivity contribution in [2.75, 3.05) is 11.6 Å². The lowest BCUT2D eigenvalue weighted by Gasteiger charge is -2.27. The standard InChI is InChI=1S/C23H21N3O/c1-3-25-16-15-18-9-7-8-12-21(18)22(25)14-13-20-17(2)24-26(23(20)27)19-10-5-4-6-11-19/h4-16H,3H2,1-2H3. The Morgan fingerprint density at radius 3 is 2.52 bits per heavy atom. The second-order valence-electron chi connectivity index (χ2n) is 6.46. The molecule has 0 aromatic heterocycles. The topological polar surface area (TPSA) is 35.9 Å². The van der Waals surface area contributed by atoms with E-state index in [1.807, 2.05) is 61.5 Å². The first kappa shape index (κ1) is 17.0. The van der Waals surface area contributed by atoms with E-state index in [-0.39, 0.29) is 5.91 Å². The fourth-order valence-corrected chi connectivity index (χ4v) is 3.36. The molecule has 27 heavy (non-hydrogen) atoms. The molecule has 0 aliphatic carbocycles. The van der Waals surface area contributed by atoms with Crippen LogP contribution in [0, 0.1) is 0 Å². The van der Waals surface area contributed by atoms with E-state index in [4.69, 9.17) is 0 Å². The van der Waals surface area contributed by atoms with Gasteiger partial charge in [-0.15, -0.1) is 0 Å². The second-order valence-corrected chi connectivity index (χ2v) is 6.46. The first-order valence-electron chi connectivity index (χ1n) is 9.10. The van der Waals surface area contributed by atoms with Gasteiger partial charge < -0.3 is 4.90 Å². The fraction of sp³-hybridized carbons (Fsp3) is 0.130. The fourth-order valence-electron chi connectivity index (χ4n) is 3.36. The maximum atomic E-state index is 12.9. The Balaban J connectivity index is 1.70. The van der Waals surface area contributed by atoms with Gasteiger partial charge in [0.1, 0.15) is 0 Å². The molecular weight excluding hydrogens is 334 g/mol. The van der Waals surface area contributed by atoms with Gasteiger partial charge in [-0.2, -0.15) is 10.1 Å². The first-order valence-corrected chi connectivity index (χ1v) is 9.10. The molecule has 0 saturated carbocycles. The van der Waals surface area contributed by atoms with Gasteiger partial charge in [0.15, 0.2) is 0 Å². The van der Waals surface area contributed by atoms with Crippen LogP contribution in [0.5, 0.6) is 0 Å². The minimum Gasteiger partial charge on any atom is -0.348 e. The second kappa shape index (κ2) is 7.08. The van der Waals surface area contributed by atoms with E-state index >= 15 is 0 Å². The quantitative estimate of drug-likeness (QED) is 0.749. The molecule has 0 N–H and O–H groups in total. The summed E-state index contributed by atoms with van der Waals surface area (Å²) in [5.41, 5.74) is 5.55. The van der Waals surface area contributed by atoms with E-state index in [0.29, 0.717) is 5.57 Å². The van der Waals surface area contributed by atoms with Crippen LogP contribution in [0.15, 0.2) is 83.6 Å². The van der Waals surface area contributed by atoms with Crippen molar-refractivity contribution in [2.45, 2.75) is 13.8 Å². The van der Waals surface area contributed by atoms with E-state index in [2.05, 4.69) is 41.3 Å². The number of rotatable bonds is 3. The molecule has 0 radical (unpaired) electrons. The Labute approximate surface area is 159 Å². The molecule has 2 heterocycles. The smallest absolute Gasteiger partial charge is 0.280 e. The highest BCUT2D eigenvalue weighted by Crippen LogP contribution is 2.30. The molecule has 2 aromatic carbocycles. The molecule has 2 aromatic rings. The van der Waals surface area contributed by atoms with Crippen molar-refractivity contribution in [3.63, 3.8) is 0 Å². The van der Waals surface area contributed by atoms with Gasteiger partial charge in [0.25, 0.3) is 5.91 Å². The van der Waals surface area contributed by atoms with Crippen LogP contribution in [-0.2, 0) is 4.79 Å². The number of hydrazone groups is 1. The summed E-state index contributed by atoms with van der Waals surface area (Å²) >= 11 is 0. The number of carbonyl (C=O) groups excluding carboxylic acids is 1. The molecule has 0 bridgehead atoms. The van der Waals surface area contributed by atoms with E-state index in [0.717, 1.165) is 23.6 Å². The highest BCUT2D eigenvalue weighted by molar-refractivity contribution is 6.29. The maximum Gasteiger partial charge on any atom is 0.280 e. The molecule has 4 nitrogen and oxygen atoms in total. The van der Waals surface area contributed by atoms with Gasteiger partial charge in [0, 0.05) is 24.0 Å². The van der Waals surface area contributed by atoms with Crippen molar-refractivity contribution in [3.8, 4) is 0 Å². The van der Waals surface area contributed by atoms with Crippen LogP contribution >= 0.6 is 0 Å². The van der Waals surface area contributed by atoms with E-state index < -0.39 is 0 Å². The van der Waals surface area contributed by atoms with Crippen molar-refractivity contribution in [2.24, 2.45) is 5.10 Å². The number of hydrogen-bond donors (Lipinski definition) is 0. The van der Waals surface area contributed by atoms with Crippen molar-refractivity contribution in [3.05, 3.63) is 89.6 Å². The van der Waals surface area contributed by atoms with Crippen LogP contribution in [0.2, 0.25) is 0 Å². The van der Waals surface area contributed by atoms with E-state index in [1.165, 1.54) is 16.1 Å². The molecule has 0 atom stereocenters. The van der Waals surface area contributed by atoms with E-state index in [1.54, 1.807) is 0 Å². The summed E-state index contributed by atoms with van der Waals surface area (Å²) in [6.07, 6.45) is 8.11. The van der Waals surface area contributed by atoms with Gasteiger partial charge in [-0.1, -0.05) is 42.5 Å². The molecule has 1 amide bonds. The average Bonchev–Trinajstić information content (AvgIpc) is 3.00. The van der Waals surface area contributed by atoms with Gasteiger partial charge in [-0.3, -0.25) is 4.79 Å². The number of benzene rings is 2. The number of allylic oxidation sites excluding steroid dienone is 2. The van der Waals surface area contributed by atoms with Gasteiger partial charge in [-0.05, 0) is 49.8 Å². The monoisotopic (exact) mass is 355 g/mol. The van der Waals surface area contributed by atoms with Crippen molar-refractivity contribution < 1.29 is 4.79 Å². The zero-order valence-corrected chi connectivity index (χ0v) is 15.5. The van der Waals surface area contributed by atoms with Crippen molar-refractivity contribution >= 4 is 29.1 Å². The number of hydrogen-bond acceptors (Lipinski definition) is 3. The number of carbonyl (C=O) groups is 1. The molecule has 4 heteroatoms. The van der Waals surface area contributed by atoms with E-state index in [9.17, 15) is 4.79 Å². The number of anilines is 1. The lowest BCUT2D eigenvalue weighted by molar-refractivity contribution is -0.114. The molecule has 0 fully saturated rings. The Morgan fingerprint density at radius 2 is 1.74 bits per heavy atom. The lowest BCUT2D eigenvalue weighted by Crippen LogP contribution is -2.21. The number of nitrogens with zero attached hydrogens (tertiary/aromatic N) is 3. The molecule has 0 spiro atoms. The minimum atomic E-state index is -0.0989. The zero-order valence-electron chi connectivity index (χ0n) is 15.5. The third-order valence-corrected chi connectivity index (χ3v) is 4.79. The summed E-state index contributed by atoms with van der Waals surface area (Å²) in [7, 11) is 0. The highest BCUT2D eigenvalue weighted by atomic mass is 16.2. The molecule has 2 aliphatic rings. The molecular formula is C23H21N3O. The summed E-state index contributed by atoms with van der Waals surface area (Å²) in [4.78, 5) is 15.1. The van der Waals surface area contributed by atoms with Crippen LogP contribution in [0.4, 0.5) is 5.69 Å². The molecule has 134 valence electrons. The number of para-hydroxylation sites is 1. The zero-order chi connectivity index (χ0) is 18.8.